The average molecular weight is 403 g/mol. The highest BCUT2D eigenvalue weighted by molar-refractivity contribution is 7.21. The quantitative estimate of drug-likeness (QED) is 0.639. The molecular weight excluding hydrogens is 387 g/mol. The third-order valence-electron chi connectivity index (χ3n) is 4.69. The molecule has 4 nitrogen and oxygen atoms in total. The first-order chi connectivity index (χ1) is 13.0. The van der Waals surface area contributed by atoms with Gasteiger partial charge in [0.25, 0.3) is 5.91 Å². The van der Waals surface area contributed by atoms with Crippen LogP contribution in [0.5, 0.6) is 0 Å². The summed E-state index contributed by atoms with van der Waals surface area (Å²) in [5, 5.41) is 3.65. The van der Waals surface area contributed by atoms with E-state index in [1.165, 1.54) is 17.4 Å². The number of nitrogens with one attached hydrogen (secondary N) is 1. The highest BCUT2D eigenvalue weighted by atomic mass is 35.5. The Kier molecular flexibility index (Phi) is 4.61. The van der Waals surface area contributed by atoms with E-state index < -0.39 is 0 Å². The topological polar surface area (TPSA) is 49.4 Å². The third-order valence-corrected chi connectivity index (χ3v) is 6.28. The molecular formula is C20H16ClFN2O2S. The molecule has 2 heterocycles. The summed E-state index contributed by atoms with van der Waals surface area (Å²) in [7, 11) is 0. The molecule has 0 aliphatic carbocycles. The molecule has 0 spiro atoms. The molecule has 7 heteroatoms. The van der Waals surface area contributed by atoms with E-state index in [2.05, 4.69) is 5.32 Å². The molecule has 1 saturated heterocycles. The van der Waals surface area contributed by atoms with Crippen LogP contribution in [0.25, 0.3) is 10.1 Å². The highest BCUT2D eigenvalue weighted by Crippen LogP contribution is 2.34. The average Bonchev–Trinajstić information content (AvgIpc) is 3.21. The molecule has 1 aliphatic heterocycles. The number of benzene rings is 2. The van der Waals surface area contributed by atoms with Crippen molar-refractivity contribution in [2.75, 3.05) is 16.8 Å². The normalized spacial score (nSPS) is 14.2. The zero-order valence-corrected chi connectivity index (χ0v) is 16.1. The van der Waals surface area contributed by atoms with Crippen molar-refractivity contribution in [1.82, 2.24) is 0 Å². The van der Waals surface area contributed by atoms with E-state index in [4.69, 9.17) is 11.6 Å². The second-order valence-corrected chi connectivity index (χ2v) is 7.90. The Balaban J connectivity index is 1.66. The van der Waals surface area contributed by atoms with Gasteiger partial charge in [0.15, 0.2) is 0 Å². The number of nitrogens with zero attached hydrogens (tertiary/aromatic N) is 1. The predicted molar refractivity (Wildman–Crippen MR) is 108 cm³/mol. The molecule has 27 heavy (non-hydrogen) atoms. The van der Waals surface area contributed by atoms with Crippen LogP contribution in [0.15, 0.2) is 36.4 Å². The fraction of sp³-hybridized carbons (Fsp3) is 0.200. The van der Waals surface area contributed by atoms with Crippen molar-refractivity contribution >= 4 is 56.2 Å². The Hall–Kier alpha value is -2.44. The van der Waals surface area contributed by atoms with Gasteiger partial charge in [0.1, 0.15) is 5.82 Å². The molecule has 0 atom stereocenters. The van der Waals surface area contributed by atoms with Gasteiger partial charge in [-0.2, -0.15) is 0 Å². The minimum Gasteiger partial charge on any atom is -0.320 e. The van der Waals surface area contributed by atoms with Gasteiger partial charge in [-0.15, -0.1) is 11.3 Å². The van der Waals surface area contributed by atoms with E-state index in [1.807, 2.05) is 0 Å². The zero-order chi connectivity index (χ0) is 19.1. The molecule has 1 aliphatic rings. The third kappa shape index (κ3) is 3.19. The molecule has 2 amide bonds. The summed E-state index contributed by atoms with van der Waals surface area (Å²) in [5.74, 6) is -0.627. The van der Waals surface area contributed by atoms with E-state index in [9.17, 15) is 14.0 Å². The smallest absolute Gasteiger partial charge is 0.266 e. The molecule has 2 aromatic carbocycles. The summed E-state index contributed by atoms with van der Waals surface area (Å²) in [6, 6.07) is 9.93. The summed E-state index contributed by atoms with van der Waals surface area (Å²) in [4.78, 5) is 26.9. The van der Waals surface area contributed by atoms with Gasteiger partial charge in [-0.25, -0.2) is 4.39 Å². The van der Waals surface area contributed by atoms with Crippen LogP contribution in [0.4, 0.5) is 15.8 Å². The van der Waals surface area contributed by atoms with Crippen LogP contribution in [0.3, 0.4) is 0 Å². The number of carbonyl (C=O) groups is 2. The van der Waals surface area contributed by atoms with Crippen molar-refractivity contribution < 1.29 is 14.0 Å². The maximum Gasteiger partial charge on any atom is 0.266 e. The first-order valence-corrected chi connectivity index (χ1v) is 9.74. The molecule has 138 valence electrons. The number of hydrogen-bond acceptors (Lipinski definition) is 3. The Morgan fingerprint density at radius 1 is 1.30 bits per heavy atom. The van der Waals surface area contributed by atoms with Crippen LogP contribution in [0.1, 0.15) is 28.1 Å². The lowest BCUT2D eigenvalue weighted by molar-refractivity contribution is -0.117. The van der Waals surface area contributed by atoms with Gasteiger partial charge in [-0.3, -0.25) is 9.59 Å². The SMILES string of the molecule is Cc1c(C(=O)Nc2cc(N3CCCC3=O)ccc2Cl)sc2cccc(F)c12. The number of anilines is 2. The summed E-state index contributed by atoms with van der Waals surface area (Å²) < 4.78 is 14.8. The van der Waals surface area contributed by atoms with Crippen LogP contribution < -0.4 is 10.2 Å². The van der Waals surface area contributed by atoms with E-state index >= 15 is 0 Å². The lowest BCUT2D eigenvalue weighted by Gasteiger charge is -2.17. The van der Waals surface area contributed by atoms with Crippen LogP contribution in [0, 0.1) is 12.7 Å². The fourth-order valence-electron chi connectivity index (χ4n) is 3.35. The fourth-order valence-corrected chi connectivity index (χ4v) is 4.63. The van der Waals surface area contributed by atoms with E-state index in [0.717, 1.165) is 11.1 Å². The maximum absolute atomic E-state index is 14.1. The second kappa shape index (κ2) is 6.94. The van der Waals surface area contributed by atoms with Crippen LogP contribution in [-0.4, -0.2) is 18.4 Å². The molecule has 0 unspecified atom stereocenters. The van der Waals surface area contributed by atoms with Crippen molar-refractivity contribution in [3.05, 3.63) is 57.7 Å². The second-order valence-electron chi connectivity index (χ2n) is 6.44. The minimum atomic E-state index is -0.347. The molecule has 0 saturated carbocycles. The van der Waals surface area contributed by atoms with Gasteiger partial charge >= 0.3 is 0 Å². The Bertz CT molecular complexity index is 1080. The molecule has 0 bridgehead atoms. The molecule has 1 aromatic heterocycles. The van der Waals surface area contributed by atoms with Gasteiger partial charge in [0.2, 0.25) is 5.91 Å². The van der Waals surface area contributed by atoms with Gasteiger partial charge in [0.05, 0.1) is 15.6 Å². The van der Waals surface area contributed by atoms with Gasteiger partial charge in [-0.1, -0.05) is 17.7 Å². The van der Waals surface area contributed by atoms with Crippen LogP contribution in [0.2, 0.25) is 5.02 Å². The number of hydrogen-bond donors (Lipinski definition) is 1. The van der Waals surface area contributed by atoms with Crippen LogP contribution >= 0.6 is 22.9 Å². The molecule has 1 N–H and O–H groups in total. The number of halogens is 2. The number of fused-ring (bicyclic) bond motifs is 1. The molecule has 3 aromatic rings. The monoisotopic (exact) mass is 402 g/mol. The van der Waals surface area contributed by atoms with Gasteiger partial charge in [0, 0.05) is 28.7 Å². The first kappa shape index (κ1) is 17.9. The molecule has 0 radical (unpaired) electrons. The molecule has 1 fully saturated rings. The largest absolute Gasteiger partial charge is 0.320 e. The number of aryl methyl sites for hydroxylation is 1. The predicted octanol–water partition coefficient (Wildman–Crippen LogP) is 5.38. The summed E-state index contributed by atoms with van der Waals surface area (Å²) in [6.07, 6.45) is 1.34. The van der Waals surface area contributed by atoms with E-state index in [-0.39, 0.29) is 17.6 Å². The lowest BCUT2D eigenvalue weighted by Crippen LogP contribution is -2.23. The standard InChI is InChI=1S/C20H16ClFN2O2S/c1-11-18-14(22)4-2-5-16(18)27-19(11)20(26)23-15-10-12(7-8-13(15)21)24-9-3-6-17(24)25/h2,4-5,7-8,10H,3,6,9H2,1H3,(H,23,26). The summed E-state index contributed by atoms with van der Waals surface area (Å²) >= 11 is 7.48. The van der Waals surface area contributed by atoms with Crippen molar-refractivity contribution in [3.8, 4) is 0 Å². The Labute approximate surface area is 164 Å². The van der Waals surface area contributed by atoms with Crippen molar-refractivity contribution in [2.45, 2.75) is 19.8 Å². The lowest BCUT2D eigenvalue weighted by atomic mass is 10.1. The van der Waals surface area contributed by atoms with E-state index in [0.29, 0.717) is 45.2 Å². The Morgan fingerprint density at radius 3 is 2.81 bits per heavy atom. The summed E-state index contributed by atoms with van der Waals surface area (Å²) in [6.45, 7) is 2.39. The molecule has 4 rings (SSSR count). The summed E-state index contributed by atoms with van der Waals surface area (Å²) in [5.41, 5.74) is 1.74. The van der Waals surface area contributed by atoms with Crippen molar-refractivity contribution in [1.29, 1.82) is 0 Å². The van der Waals surface area contributed by atoms with E-state index in [1.54, 1.807) is 42.2 Å². The number of amides is 2. The maximum atomic E-state index is 14.1. The first-order valence-electron chi connectivity index (χ1n) is 8.54. The number of rotatable bonds is 3. The van der Waals surface area contributed by atoms with Crippen LogP contribution in [-0.2, 0) is 4.79 Å². The zero-order valence-electron chi connectivity index (χ0n) is 14.5. The van der Waals surface area contributed by atoms with Crippen molar-refractivity contribution in [2.24, 2.45) is 0 Å². The van der Waals surface area contributed by atoms with Gasteiger partial charge in [-0.05, 0) is 49.2 Å². The Morgan fingerprint density at radius 2 is 2.11 bits per heavy atom. The number of carbonyl (C=O) groups excluding carboxylic acids is 2. The minimum absolute atomic E-state index is 0.0606. The highest BCUT2D eigenvalue weighted by Gasteiger charge is 2.23. The van der Waals surface area contributed by atoms with Gasteiger partial charge < -0.3 is 10.2 Å². The number of thiophene rings is 1. The van der Waals surface area contributed by atoms with Crippen molar-refractivity contribution in [3.63, 3.8) is 0 Å².